The standard InChI is InChI=1S/C23H22N4S.ClH/c1-16-14-18(11-10-17-8-6-5-7-9-17)28-21(16)20-22(26-23(2,3)4)27-13-12-24-15-19(27)25-20;/h5-9,12-15,26H,1-4H3;1H. The molecule has 1 N–H and O–H groups in total. The number of halogens is 1. The SMILES string of the molecule is Cc1cc(C#Cc2ccccc2)sc1-c1nc2cnccn2c1NC(C)(C)C.Cl. The predicted molar refractivity (Wildman–Crippen MR) is 124 cm³/mol. The Balaban J connectivity index is 0.00000240. The van der Waals surface area contributed by atoms with Gasteiger partial charge in [-0.3, -0.25) is 9.38 Å². The second-order valence-electron chi connectivity index (χ2n) is 7.73. The van der Waals surface area contributed by atoms with Gasteiger partial charge in [0.25, 0.3) is 0 Å². The lowest BCUT2D eigenvalue weighted by Gasteiger charge is -2.22. The first kappa shape index (κ1) is 20.9. The van der Waals surface area contributed by atoms with E-state index in [-0.39, 0.29) is 17.9 Å². The van der Waals surface area contributed by atoms with Gasteiger partial charge in [0.2, 0.25) is 0 Å². The minimum Gasteiger partial charge on any atom is -0.365 e. The molecule has 4 rings (SSSR count). The summed E-state index contributed by atoms with van der Waals surface area (Å²) in [5.41, 5.74) is 3.88. The highest BCUT2D eigenvalue weighted by atomic mass is 35.5. The normalized spacial score (nSPS) is 10.9. The van der Waals surface area contributed by atoms with E-state index in [0.717, 1.165) is 32.5 Å². The fourth-order valence-corrected chi connectivity index (χ4v) is 3.99. The van der Waals surface area contributed by atoms with Gasteiger partial charge in [0.05, 0.1) is 16.0 Å². The van der Waals surface area contributed by atoms with Crippen LogP contribution in [0.15, 0.2) is 55.0 Å². The van der Waals surface area contributed by atoms with Gasteiger partial charge < -0.3 is 5.32 Å². The van der Waals surface area contributed by atoms with Crippen molar-refractivity contribution in [2.45, 2.75) is 33.2 Å². The van der Waals surface area contributed by atoms with Gasteiger partial charge in [-0.05, 0) is 51.5 Å². The molecule has 0 spiro atoms. The average molecular weight is 423 g/mol. The fourth-order valence-electron chi connectivity index (χ4n) is 2.97. The van der Waals surface area contributed by atoms with Gasteiger partial charge in [0.1, 0.15) is 11.5 Å². The van der Waals surface area contributed by atoms with Crippen LogP contribution in [0.2, 0.25) is 0 Å². The number of hydrogen-bond donors (Lipinski definition) is 1. The molecule has 0 atom stereocenters. The molecule has 0 unspecified atom stereocenters. The first-order valence-corrected chi connectivity index (χ1v) is 10.0. The van der Waals surface area contributed by atoms with Crippen LogP contribution < -0.4 is 5.32 Å². The Morgan fingerprint density at radius 1 is 1.10 bits per heavy atom. The zero-order chi connectivity index (χ0) is 19.7. The second-order valence-corrected chi connectivity index (χ2v) is 8.78. The molecular formula is C23H23ClN4S. The summed E-state index contributed by atoms with van der Waals surface area (Å²) in [5, 5.41) is 3.61. The third-order valence-electron chi connectivity index (χ3n) is 4.16. The molecule has 3 aromatic heterocycles. The van der Waals surface area contributed by atoms with Crippen LogP contribution in [0.1, 0.15) is 36.8 Å². The lowest BCUT2D eigenvalue weighted by Crippen LogP contribution is -2.27. The smallest absolute Gasteiger partial charge is 0.157 e. The molecule has 0 aliphatic heterocycles. The van der Waals surface area contributed by atoms with Crippen molar-refractivity contribution >= 4 is 35.2 Å². The minimum atomic E-state index is -0.0882. The third-order valence-corrected chi connectivity index (χ3v) is 5.32. The van der Waals surface area contributed by atoms with Crippen LogP contribution in [-0.4, -0.2) is 19.9 Å². The summed E-state index contributed by atoms with van der Waals surface area (Å²) in [4.78, 5) is 11.2. The molecule has 0 saturated heterocycles. The number of fused-ring (bicyclic) bond motifs is 1. The Kier molecular flexibility index (Phi) is 5.97. The molecule has 0 amide bonds. The number of anilines is 1. The summed E-state index contributed by atoms with van der Waals surface area (Å²) in [5.74, 6) is 7.52. The molecule has 4 nitrogen and oxygen atoms in total. The summed E-state index contributed by atoms with van der Waals surface area (Å²) < 4.78 is 2.06. The summed E-state index contributed by atoms with van der Waals surface area (Å²) in [6.45, 7) is 8.56. The summed E-state index contributed by atoms with van der Waals surface area (Å²) >= 11 is 1.68. The number of rotatable bonds is 2. The van der Waals surface area contributed by atoms with E-state index in [1.165, 1.54) is 5.56 Å². The molecule has 6 heteroatoms. The highest BCUT2D eigenvalue weighted by molar-refractivity contribution is 7.16. The van der Waals surface area contributed by atoms with E-state index in [0.29, 0.717) is 0 Å². The van der Waals surface area contributed by atoms with Crippen LogP contribution in [0.5, 0.6) is 0 Å². The summed E-state index contributed by atoms with van der Waals surface area (Å²) in [6, 6.07) is 12.2. The molecular weight excluding hydrogens is 400 g/mol. The van der Waals surface area contributed by atoms with Crippen molar-refractivity contribution in [2.24, 2.45) is 0 Å². The van der Waals surface area contributed by atoms with Crippen molar-refractivity contribution in [2.75, 3.05) is 5.32 Å². The van der Waals surface area contributed by atoms with Crippen LogP contribution in [0.25, 0.3) is 16.2 Å². The van der Waals surface area contributed by atoms with Gasteiger partial charge in [-0.2, -0.15) is 0 Å². The van der Waals surface area contributed by atoms with E-state index in [9.17, 15) is 0 Å². The van der Waals surface area contributed by atoms with Crippen LogP contribution in [0, 0.1) is 18.8 Å². The monoisotopic (exact) mass is 422 g/mol. The highest BCUT2D eigenvalue weighted by Crippen LogP contribution is 2.37. The molecule has 0 radical (unpaired) electrons. The number of imidazole rings is 1. The summed E-state index contributed by atoms with van der Waals surface area (Å²) in [6.07, 6.45) is 5.51. The largest absolute Gasteiger partial charge is 0.365 e. The van der Waals surface area contributed by atoms with Crippen LogP contribution in [-0.2, 0) is 0 Å². The van der Waals surface area contributed by atoms with Crippen molar-refractivity contribution in [1.29, 1.82) is 0 Å². The summed E-state index contributed by atoms with van der Waals surface area (Å²) in [7, 11) is 0. The van der Waals surface area contributed by atoms with Crippen molar-refractivity contribution in [3.05, 3.63) is 71.0 Å². The van der Waals surface area contributed by atoms with E-state index in [2.05, 4.69) is 60.3 Å². The van der Waals surface area contributed by atoms with Crippen molar-refractivity contribution < 1.29 is 0 Å². The highest BCUT2D eigenvalue weighted by Gasteiger charge is 2.21. The Bertz CT molecular complexity index is 1190. The second kappa shape index (κ2) is 8.28. The Morgan fingerprint density at radius 2 is 1.86 bits per heavy atom. The number of benzene rings is 1. The van der Waals surface area contributed by atoms with E-state index in [1.807, 2.05) is 36.5 Å². The van der Waals surface area contributed by atoms with Gasteiger partial charge in [-0.1, -0.05) is 30.0 Å². The van der Waals surface area contributed by atoms with E-state index < -0.39 is 0 Å². The van der Waals surface area contributed by atoms with Crippen molar-refractivity contribution in [1.82, 2.24) is 14.4 Å². The molecule has 4 aromatic rings. The van der Waals surface area contributed by atoms with Gasteiger partial charge in [-0.25, -0.2) is 4.98 Å². The average Bonchev–Trinajstić information content (AvgIpc) is 3.20. The van der Waals surface area contributed by atoms with Crippen molar-refractivity contribution in [3.8, 4) is 22.4 Å². The topological polar surface area (TPSA) is 42.2 Å². The molecule has 0 fully saturated rings. The lowest BCUT2D eigenvalue weighted by atomic mass is 10.1. The van der Waals surface area contributed by atoms with Gasteiger partial charge in [-0.15, -0.1) is 23.7 Å². The molecule has 0 saturated carbocycles. The van der Waals surface area contributed by atoms with Crippen LogP contribution in [0.4, 0.5) is 5.82 Å². The first-order valence-electron chi connectivity index (χ1n) is 9.19. The van der Waals surface area contributed by atoms with E-state index in [4.69, 9.17) is 4.98 Å². The number of aryl methyl sites for hydroxylation is 1. The van der Waals surface area contributed by atoms with E-state index >= 15 is 0 Å². The lowest BCUT2D eigenvalue weighted by molar-refractivity contribution is 0.629. The maximum atomic E-state index is 4.86. The van der Waals surface area contributed by atoms with Gasteiger partial charge in [0, 0.05) is 23.5 Å². The maximum absolute atomic E-state index is 4.86. The van der Waals surface area contributed by atoms with Gasteiger partial charge >= 0.3 is 0 Å². The number of hydrogen-bond acceptors (Lipinski definition) is 4. The van der Waals surface area contributed by atoms with Gasteiger partial charge in [0.15, 0.2) is 5.65 Å². The molecule has 0 bridgehead atoms. The first-order chi connectivity index (χ1) is 13.4. The minimum absolute atomic E-state index is 0. The molecule has 148 valence electrons. The molecule has 0 aliphatic carbocycles. The zero-order valence-electron chi connectivity index (χ0n) is 16.9. The Hall–Kier alpha value is -2.81. The third kappa shape index (κ3) is 4.61. The molecule has 29 heavy (non-hydrogen) atoms. The maximum Gasteiger partial charge on any atom is 0.157 e. The number of nitrogens with one attached hydrogen (secondary N) is 1. The predicted octanol–water partition coefficient (Wildman–Crippen LogP) is 5.80. The van der Waals surface area contributed by atoms with Crippen LogP contribution >= 0.6 is 23.7 Å². The number of aromatic nitrogens is 3. The molecule has 3 heterocycles. The quantitative estimate of drug-likeness (QED) is 0.415. The van der Waals surface area contributed by atoms with Crippen LogP contribution in [0.3, 0.4) is 0 Å². The number of nitrogens with zero attached hydrogens (tertiary/aromatic N) is 3. The zero-order valence-corrected chi connectivity index (χ0v) is 18.5. The molecule has 0 aliphatic rings. The van der Waals surface area contributed by atoms with E-state index in [1.54, 1.807) is 23.7 Å². The Morgan fingerprint density at radius 3 is 2.59 bits per heavy atom. The fraction of sp³-hybridized carbons (Fsp3) is 0.217. The van der Waals surface area contributed by atoms with Crippen molar-refractivity contribution in [3.63, 3.8) is 0 Å². The Labute approximate surface area is 181 Å². The molecule has 1 aromatic carbocycles. The number of thiophene rings is 1.